The molecule has 1 heterocycles. The fourth-order valence-corrected chi connectivity index (χ4v) is 3.74. The van der Waals surface area contributed by atoms with Crippen molar-refractivity contribution in [3.63, 3.8) is 0 Å². The van der Waals surface area contributed by atoms with Gasteiger partial charge in [-0.1, -0.05) is 19.8 Å². The minimum absolute atomic E-state index is 0.0549. The van der Waals surface area contributed by atoms with Crippen molar-refractivity contribution >= 4 is 29.5 Å². The molecule has 1 aliphatic heterocycles. The molecule has 0 bridgehead atoms. The van der Waals surface area contributed by atoms with E-state index in [0.717, 1.165) is 42.4 Å². The molecule has 2 fully saturated rings. The van der Waals surface area contributed by atoms with Crippen LogP contribution < -0.4 is 10.6 Å². The number of rotatable bonds is 5. The van der Waals surface area contributed by atoms with E-state index in [-0.39, 0.29) is 5.92 Å². The molecule has 1 spiro atoms. The van der Waals surface area contributed by atoms with Gasteiger partial charge in [0.05, 0.1) is 5.69 Å². The number of imide groups is 1. The number of hydrogen-bond donors (Lipinski definition) is 2. The topological polar surface area (TPSA) is 105 Å². The van der Waals surface area contributed by atoms with Gasteiger partial charge < -0.3 is 15.4 Å². The third kappa shape index (κ3) is 4.20. The van der Waals surface area contributed by atoms with Gasteiger partial charge in [0, 0.05) is 6.07 Å². The highest BCUT2D eigenvalue weighted by atomic mass is 19.1. The molecule has 1 saturated heterocycles. The third-order valence-electron chi connectivity index (χ3n) is 5.36. The van der Waals surface area contributed by atoms with Crippen LogP contribution in [-0.4, -0.2) is 47.4 Å². The van der Waals surface area contributed by atoms with Crippen LogP contribution in [0.5, 0.6) is 0 Å². The van der Waals surface area contributed by atoms with Crippen LogP contribution in [0.2, 0.25) is 0 Å². The number of anilines is 1. The fourth-order valence-electron chi connectivity index (χ4n) is 3.74. The van der Waals surface area contributed by atoms with Crippen molar-refractivity contribution in [3.05, 3.63) is 29.8 Å². The molecular weight excluding hydrogens is 388 g/mol. The number of hydrogen-bond acceptors (Lipinski definition) is 5. The molecular formula is C19H21F2N3O5. The molecule has 0 radical (unpaired) electrons. The average Bonchev–Trinajstić information content (AvgIpc) is 2.90. The van der Waals surface area contributed by atoms with E-state index in [1.165, 1.54) is 0 Å². The van der Waals surface area contributed by atoms with Crippen LogP contribution in [0.3, 0.4) is 0 Å². The summed E-state index contributed by atoms with van der Waals surface area (Å²) in [5, 5.41) is 4.79. The quantitative estimate of drug-likeness (QED) is 0.571. The minimum Gasteiger partial charge on any atom is -0.454 e. The molecule has 4 amide bonds. The SMILES string of the molecule is C[C@H]1CCCC[C@]12NC(=O)N(CC(=O)OCC(=O)Nc1cc(F)ccc1F)C2=O. The van der Waals surface area contributed by atoms with Gasteiger partial charge in [-0.05, 0) is 30.9 Å². The van der Waals surface area contributed by atoms with E-state index in [2.05, 4.69) is 10.6 Å². The van der Waals surface area contributed by atoms with Crippen LogP contribution in [0.25, 0.3) is 0 Å². The van der Waals surface area contributed by atoms with E-state index < -0.39 is 59.8 Å². The Morgan fingerprint density at radius 2 is 2.07 bits per heavy atom. The van der Waals surface area contributed by atoms with Gasteiger partial charge in [0.1, 0.15) is 23.7 Å². The summed E-state index contributed by atoms with van der Waals surface area (Å²) < 4.78 is 31.4. The van der Waals surface area contributed by atoms with Crippen molar-refractivity contribution < 1.29 is 32.7 Å². The average molecular weight is 409 g/mol. The van der Waals surface area contributed by atoms with Gasteiger partial charge in [-0.2, -0.15) is 0 Å². The second kappa shape index (κ2) is 8.14. The summed E-state index contributed by atoms with van der Waals surface area (Å²) in [7, 11) is 0. The van der Waals surface area contributed by atoms with Crippen molar-refractivity contribution in [2.45, 2.75) is 38.1 Å². The summed E-state index contributed by atoms with van der Waals surface area (Å²) in [6, 6.07) is 1.85. The van der Waals surface area contributed by atoms with Crippen LogP contribution in [0.1, 0.15) is 32.6 Å². The standard InChI is InChI=1S/C19H21F2N3O5/c1-11-4-2-3-7-19(11)17(27)24(18(28)23-19)9-16(26)29-10-15(25)22-14-8-12(20)5-6-13(14)21/h5-6,8,11H,2-4,7,9-10H2,1H3,(H,22,25)(H,23,28)/t11-,19-/m0/s1. The van der Waals surface area contributed by atoms with E-state index in [1.54, 1.807) is 0 Å². The van der Waals surface area contributed by atoms with Crippen LogP contribution in [0.4, 0.5) is 19.3 Å². The normalized spacial score (nSPS) is 23.8. The number of halogens is 2. The molecule has 10 heteroatoms. The molecule has 1 saturated carbocycles. The Labute approximate surface area is 165 Å². The number of ether oxygens (including phenoxy) is 1. The first-order valence-corrected chi connectivity index (χ1v) is 9.27. The van der Waals surface area contributed by atoms with Crippen LogP contribution in [0.15, 0.2) is 18.2 Å². The summed E-state index contributed by atoms with van der Waals surface area (Å²) in [5.74, 6) is -3.99. The highest BCUT2D eigenvalue weighted by Gasteiger charge is 2.55. The molecule has 29 heavy (non-hydrogen) atoms. The Bertz CT molecular complexity index is 862. The Morgan fingerprint density at radius 1 is 1.31 bits per heavy atom. The number of carbonyl (C=O) groups excluding carboxylic acids is 4. The molecule has 3 rings (SSSR count). The van der Waals surface area contributed by atoms with Crippen molar-refractivity contribution in [2.75, 3.05) is 18.5 Å². The van der Waals surface area contributed by atoms with Crippen LogP contribution in [-0.2, 0) is 19.1 Å². The molecule has 2 aliphatic rings. The largest absolute Gasteiger partial charge is 0.454 e. The van der Waals surface area contributed by atoms with E-state index in [9.17, 15) is 28.0 Å². The van der Waals surface area contributed by atoms with E-state index in [0.29, 0.717) is 6.42 Å². The first kappa shape index (κ1) is 20.7. The Kier molecular flexibility index (Phi) is 5.81. The summed E-state index contributed by atoms with van der Waals surface area (Å²) in [5.41, 5.74) is -1.39. The predicted molar refractivity (Wildman–Crippen MR) is 96.6 cm³/mol. The summed E-state index contributed by atoms with van der Waals surface area (Å²) in [4.78, 5) is 49.6. The highest BCUT2D eigenvalue weighted by molar-refractivity contribution is 6.09. The molecule has 8 nitrogen and oxygen atoms in total. The lowest BCUT2D eigenvalue weighted by Crippen LogP contribution is -2.54. The lowest BCUT2D eigenvalue weighted by Gasteiger charge is -2.36. The Hall–Kier alpha value is -3.04. The Morgan fingerprint density at radius 3 is 2.79 bits per heavy atom. The maximum atomic E-state index is 13.5. The predicted octanol–water partition coefficient (Wildman–Crippen LogP) is 1.95. The minimum atomic E-state index is -0.998. The van der Waals surface area contributed by atoms with Gasteiger partial charge >= 0.3 is 12.0 Å². The van der Waals surface area contributed by atoms with Gasteiger partial charge in [-0.25, -0.2) is 13.6 Å². The summed E-state index contributed by atoms with van der Waals surface area (Å²) in [6.45, 7) is 0.468. The number of carbonyl (C=O) groups is 4. The zero-order valence-corrected chi connectivity index (χ0v) is 15.8. The van der Waals surface area contributed by atoms with E-state index in [1.807, 2.05) is 6.92 Å². The van der Waals surface area contributed by atoms with E-state index in [4.69, 9.17) is 4.74 Å². The first-order chi connectivity index (χ1) is 13.7. The number of amides is 4. The molecule has 0 aromatic heterocycles. The highest BCUT2D eigenvalue weighted by Crippen LogP contribution is 2.38. The van der Waals surface area contributed by atoms with Crippen molar-refractivity contribution in [2.24, 2.45) is 5.92 Å². The van der Waals surface area contributed by atoms with Gasteiger partial charge in [0.25, 0.3) is 11.8 Å². The molecule has 0 unspecified atom stereocenters. The maximum absolute atomic E-state index is 13.5. The molecule has 1 aliphatic carbocycles. The number of benzene rings is 1. The number of urea groups is 1. The molecule has 2 atom stereocenters. The Balaban J connectivity index is 1.54. The van der Waals surface area contributed by atoms with Gasteiger partial charge in [0.2, 0.25) is 0 Å². The lowest BCUT2D eigenvalue weighted by atomic mass is 9.73. The smallest absolute Gasteiger partial charge is 0.326 e. The van der Waals surface area contributed by atoms with E-state index >= 15 is 0 Å². The molecule has 156 valence electrons. The molecule has 1 aromatic rings. The van der Waals surface area contributed by atoms with Gasteiger partial charge in [-0.3, -0.25) is 19.3 Å². The van der Waals surface area contributed by atoms with Gasteiger partial charge in [-0.15, -0.1) is 0 Å². The lowest BCUT2D eigenvalue weighted by molar-refractivity contribution is -0.150. The van der Waals surface area contributed by atoms with Crippen molar-refractivity contribution in [1.82, 2.24) is 10.2 Å². The zero-order chi connectivity index (χ0) is 21.2. The fraction of sp³-hybridized carbons (Fsp3) is 0.474. The van der Waals surface area contributed by atoms with Gasteiger partial charge in [0.15, 0.2) is 6.61 Å². The second-order valence-electron chi connectivity index (χ2n) is 7.27. The van der Waals surface area contributed by atoms with Crippen LogP contribution >= 0.6 is 0 Å². The van der Waals surface area contributed by atoms with Crippen molar-refractivity contribution in [3.8, 4) is 0 Å². The number of esters is 1. The third-order valence-corrected chi connectivity index (χ3v) is 5.36. The molecule has 2 N–H and O–H groups in total. The molecule has 1 aromatic carbocycles. The summed E-state index contributed by atoms with van der Waals surface area (Å²) >= 11 is 0. The van der Waals surface area contributed by atoms with Crippen LogP contribution in [0, 0.1) is 17.6 Å². The second-order valence-corrected chi connectivity index (χ2v) is 7.27. The van der Waals surface area contributed by atoms with Crippen molar-refractivity contribution in [1.29, 1.82) is 0 Å². The number of nitrogens with one attached hydrogen (secondary N) is 2. The zero-order valence-electron chi connectivity index (χ0n) is 15.8. The monoisotopic (exact) mass is 409 g/mol. The summed E-state index contributed by atoms with van der Waals surface area (Å²) in [6.07, 6.45) is 3.06. The first-order valence-electron chi connectivity index (χ1n) is 9.27. The maximum Gasteiger partial charge on any atom is 0.326 e. The number of nitrogens with zero attached hydrogens (tertiary/aromatic N) is 1.